The third kappa shape index (κ3) is 3.86. The molecule has 0 bridgehead atoms. The van der Waals surface area contributed by atoms with Crippen molar-refractivity contribution in [1.29, 1.82) is 0 Å². The molecule has 17 heavy (non-hydrogen) atoms. The van der Waals surface area contributed by atoms with Crippen LogP contribution in [0.2, 0.25) is 0 Å². The van der Waals surface area contributed by atoms with E-state index in [1.165, 1.54) is 0 Å². The zero-order chi connectivity index (χ0) is 12.8. The molecule has 0 heterocycles. The van der Waals surface area contributed by atoms with Crippen molar-refractivity contribution >= 4 is 5.97 Å². The maximum absolute atomic E-state index is 11.2. The van der Waals surface area contributed by atoms with Gasteiger partial charge >= 0.3 is 5.97 Å². The molecular weight excluding hydrogens is 216 g/mol. The molecule has 0 aliphatic heterocycles. The Morgan fingerprint density at radius 1 is 1.41 bits per heavy atom. The molecule has 94 valence electrons. The quantitative estimate of drug-likeness (QED) is 0.799. The number of hydrogen-bond donors (Lipinski definition) is 1. The minimum Gasteiger partial charge on any atom is -0.466 e. The molecule has 0 spiro atoms. The van der Waals surface area contributed by atoms with Crippen LogP contribution >= 0.6 is 0 Å². The van der Waals surface area contributed by atoms with Gasteiger partial charge in [-0.2, -0.15) is 0 Å². The lowest BCUT2D eigenvalue weighted by atomic mass is 9.97. The van der Waals surface area contributed by atoms with E-state index in [1.54, 1.807) is 6.92 Å². The van der Waals surface area contributed by atoms with Gasteiger partial charge in [0.25, 0.3) is 0 Å². The molecule has 0 radical (unpaired) electrons. The van der Waals surface area contributed by atoms with Crippen molar-refractivity contribution in [1.82, 2.24) is 0 Å². The second kappa shape index (κ2) is 6.40. The Morgan fingerprint density at radius 2 is 2.12 bits per heavy atom. The Balaban J connectivity index is 2.61. The smallest absolute Gasteiger partial charge is 0.305 e. The van der Waals surface area contributed by atoms with Gasteiger partial charge in [-0.1, -0.05) is 18.2 Å². The third-order valence-corrected chi connectivity index (χ3v) is 2.93. The molecule has 1 aromatic carbocycles. The Bertz CT molecular complexity index is 385. The molecule has 0 aliphatic carbocycles. The number of aliphatic hydroxyl groups excluding tert-OH is 1. The molecule has 3 nitrogen and oxygen atoms in total. The van der Waals surface area contributed by atoms with Crippen LogP contribution in [0, 0.1) is 13.8 Å². The van der Waals surface area contributed by atoms with Gasteiger partial charge in [0.1, 0.15) is 0 Å². The van der Waals surface area contributed by atoms with Crippen LogP contribution in [0.4, 0.5) is 0 Å². The maximum atomic E-state index is 11.2. The lowest BCUT2D eigenvalue weighted by molar-refractivity contribution is -0.143. The number of aryl methyl sites for hydroxylation is 1. The average Bonchev–Trinajstić information content (AvgIpc) is 2.30. The van der Waals surface area contributed by atoms with Gasteiger partial charge in [0.05, 0.1) is 12.7 Å². The van der Waals surface area contributed by atoms with E-state index in [0.717, 1.165) is 16.7 Å². The molecule has 1 N–H and O–H groups in total. The van der Waals surface area contributed by atoms with Crippen LogP contribution in [-0.4, -0.2) is 17.7 Å². The summed E-state index contributed by atoms with van der Waals surface area (Å²) in [7, 11) is 0. The van der Waals surface area contributed by atoms with E-state index in [0.29, 0.717) is 13.0 Å². The highest BCUT2D eigenvalue weighted by Gasteiger charge is 2.13. The van der Waals surface area contributed by atoms with E-state index in [2.05, 4.69) is 0 Å². The van der Waals surface area contributed by atoms with Crippen LogP contribution in [-0.2, 0) is 9.53 Å². The number of benzene rings is 1. The maximum Gasteiger partial charge on any atom is 0.305 e. The molecule has 1 unspecified atom stereocenters. The third-order valence-electron chi connectivity index (χ3n) is 2.93. The second-order valence-electron chi connectivity index (χ2n) is 4.15. The molecular formula is C14H20O3. The number of hydrogen-bond acceptors (Lipinski definition) is 3. The molecule has 0 fully saturated rings. The van der Waals surface area contributed by atoms with Crippen molar-refractivity contribution in [2.24, 2.45) is 0 Å². The highest BCUT2D eigenvalue weighted by atomic mass is 16.5. The Hall–Kier alpha value is -1.35. The van der Waals surface area contributed by atoms with Crippen molar-refractivity contribution in [3.05, 3.63) is 34.9 Å². The van der Waals surface area contributed by atoms with Gasteiger partial charge in [0.2, 0.25) is 0 Å². The summed E-state index contributed by atoms with van der Waals surface area (Å²) in [5, 5.41) is 10.0. The number of esters is 1. The fraction of sp³-hybridized carbons (Fsp3) is 0.500. The lowest BCUT2D eigenvalue weighted by Gasteiger charge is -2.14. The molecule has 0 saturated heterocycles. The average molecular weight is 236 g/mol. The van der Waals surface area contributed by atoms with Crippen LogP contribution in [0.5, 0.6) is 0 Å². The molecule has 0 aliphatic rings. The summed E-state index contributed by atoms with van der Waals surface area (Å²) in [6.45, 7) is 6.16. The van der Waals surface area contributed by atoms with E-state index < -0.39 is 6.10 Å². The first-order valence-electron chi connectivity index (χ1n) is 5.96. The number of carbonyl (C=O) groups is 1. The van der Waals surface area contributed by atoms with E-state index in [9.17, 15) is 9.90 Å². The highest BCUT2D eigenvalue weighted by molar-refractivity contribution is 5.69. The predicted molar refractivity (Wildman–Crippen MR) is 66.7 cm³/mol. The Labute approximate surface area is 102 Å². The van der Waals surface area contributed by atoms with Crippen molar-refractivity contribution in [2.75, 3.05) is 6.61 Å². The number of rotatable bonds is 5. The van der Waals surface area contributed by atoms with Gasteiger partial charge < -0.3 is 9.84 Å². The first kappa shape index (κ1) is 13.7. The topological polar surface area (TPSA) is 46.5 Å². The fourth-order valence-electron chi connectivity index (χ4n) is 1.78. The Morgan fingerprint density at radius 3 is 2.76 bits per heavy atom. The Kier molecular flexibility index (Phi) is 5.16. The van der Waals surface area contributed by atoms with E-state index in [1.807, 2.05) is 32.0 Å². The summed E-state index contributed by atoms with van der Waals surface area (Å²) in [6.07, 6.45) is 0.0604. The number of aliphatic hydroxyl groups is 1. The van der Waals surface area contributed by atoms with Gasteiger partial charge in [-0.15, -0.1) is 0 Å². The van der Waals surface area contributed by atoms with Crippen LogP contribution in [0.15, 0.2) is 18.2 Å². The summed E-state index contributed by atoms with van der Waals surface area (Å²) in [4.78, 5) is 11.2. The summed E-state index contributed by atoms with van der Waals surface area (Å²) in [5.41, 5.74) is 3.14. The number of ether oxygens (including phenoxy) is 1. The minimum absolute atomic E-state index is 0.252. The minimum atomic E-state index is -0.598. The van der Waals surface area contributed by atoms with Crippen LogP contribution in [0.1, 0.15) is 42.6 Å². The fourth-order valence-corrected chi connectivity index (χ4v) is 1.78. The van der Waals surface area contributed by atoms with Crippen molar-refractivity contribution in [2.45, 2.75) is 39.7 Å². The number of carbonyl (C=O) groups excluding carboxylic acids is 1. The van der Waals surface area contributed by atoms with Gasteiger partial charge in [-0.25, -0.2) is 0 Å². The second-order valence-corrected chi connectivity index (χ2v) is 4.15. The predicted octanol–water partition coefficient (Wildman–Crippen LogP) is 2.68. The van der Waals surface area contributed by atoms with Gasteiger partial charge in [-0.3, -0.25) is 4.79 Å². The monoisotopic (exact) mass is 236 g/mol. The van der Waals surface area contributed by atoms with Crippen LogP contribution < -0.4 is 0 Å². The van der Waals surface area contributed by atoms with E-state index in [-0.39, 0.29) is 12.4 Å². The molecule has 1 atom stereocenters. The molecule has 0 aromatic heterocycles. The van der Waals surface area contributed by atoms with E-state index >= 15 is 0 Å². The first-order valence-corrected chi connectivity index (χ1v) is 5.96. The standard InChI is InChI=1S/C14H20O3/c1-4-17-14(16)9-8-13(15)12-7-5-6-10(2)11(12)3/h5-7,13,15H,4,8-9H2,1-3H3. The van der Waals surface area contributed by atoms with Crippen LogP contribution in [0.3, 0.4) is 0 Å². The molecule has 1 rings (SSSR count). The van der Waals surface area contributed by atoms with Gasteiger partial charge in [0, 0.05) is 6.42 Å². The summed E-state index contributed by atoms with van der Waals surface area (Å²) >= 11 is 0. The molecule has 1 aromatic rings. The summed E-state index contributed by atoms with van der Waals surface area (Å²) < 4.78 is 4.83. The first-order chi connectivity index (χ1) is 8.06. The highest BCUT2D eigenvalue weighted by Crippen LogP contribution is 2.23. The van der Waals surface area contributed by atoms with Gasteiger partial charge in [-0.05, 0) is 43.9 Å². The summed E-state index contributed by atoms with van der Waals surface area (Å²) in [6, 6.07) is 5.83. The molecule has 3 heteroatoms. The van der Waals surface area contributed by atoms with Crippen molar-refractivity contribution in [3.63, 3.8) is 0 Å². The molecule has 0 amide bonds. The molecule has 0 saturated carbocycles. The van der Waals surface area contributed by atoms with E-state index in [4.69, 9.17) is 4.74 Å². The SMILES string of the molecule is CCOC(=O)CCC(O)c1cccc(C)c1C. The van der Waals surface area contributed by atoms with Crippen molar-refractivity contribution in [3.8, 4) is 0 Å². The zero-order valence-electron chi connectivity index (χ0n) is 10.7. The largest absolute Gasteiger partial charge is 0.466 e. The summed E-state index contributed by atoms with van der Waals surface area (Å²) in [5.74, 6) is -0.253. The van der Waals surface area contributed by atoms with Crippen LogP contribution in [0.25, 0.3) is 0 Å². The normalized spacial score (nSPS) is 12.2. The zero-order valence-corrected chi connectivity index (χ0v) is 10.7. The van der Waals surface area contributed by atoms with Gasteiger partial charge in [0.15, 0.2) is 0 Å². The van der Waals surface area contributed by atoms with Crippen molar-refractivity contribution < 1.29 is 14.6 Å². The lowest BCUT2D eigenvalue weighted by Crippen LogP contribution is -2.08.